The van der Waals surface area contributed by atoms with Crippen molar-refractivity contribution in [3.63, 3.8) is 0 Å². The first-order valence-electron chi connectivity index (χ1n) is 4.32. The molecule has 12 heavy (non-hydrogen) atoms. The quantitative estimate of drug-likeness (QED) is 0.667. The van der Waals surface area contributed by atoms with Crippen molar-refractivity contribution < 1.29 is 4.74 Å². The van der Waals surface area contributed by atoms with Crippen LogP contribution >= 0.6 is 0 Å². The standard InChI is InChI=1S/C10H13NO/c1-7-10(12-2)9(5-6-11-7)8-3-4-8/h5-6,8H,3-4H2,1-2H3. The average molecular weight is 163 g/mol. The van der Waals surface area contributed by atoms with Gasteiger partial charge >= 0.3 is 0 Å². The van der Waals surface area contributed by atoms with E-state index < -0.39 is 0 Å². The van der Waals surface area contributed by atoms with Crippen molar-refractivity contribution >= 4 is 0 Å². The highest BCUT2D eigenvalue weighted by atomic mass is 16.5. The van der Waals surface area contributed by atoms with Crippen molar-refractivity contribution in [2.24, 2.45) is 0 Å². The second-order valence-corrected chi connectivity index (χ2v) is 3.29. The van der Waals surface area contributed by atoms with Crippen LogP contribution in [0.2, 0.25) is 0 Å². The lowest BCUT2D eigenvalue weighted by molar-refractivity contribution is 0.404. The van der Waals surface area contributed by atoms with E-state index in [0.717, 1.165) is 17.4 Å². The fourth-order valence-corrected chi connectivity index (χ4v) is 1.55. The van der Waals surface area contributed by atoms with E-state index in [4.69, 9.17) is 4.74 Å². The van der Waals surface area contributed by atoms with Crippen LogP contribution in [0.15, 0.2) is 12.3 Å². The van der Waals surface area contributed by atoms with Crippen LogP contribution in [0.25, 0.3) is 0 Å². The molecular weight excluding hydrogens is 150 g/mol. The van der Waals surface area contributed by atoms with Crippen molar-refractivity contribution in [2.45, 2.75) is 25.7 Å². The van der Waals surface area contributed by atoms with Gasteiger partial charge in [-0.25, -0.2) is 0 Å². The molecule has 0 N–H and O–H groups in total. The number of rotatable bonds is 2. The molecule has 1 aliphatic carbocycles. The van der Waals surface area contributed by atoms with E-state index in [-0.39, 0.29) is 0 Å². The van der Waals surface area contributed by atoms with E-state index in [9.17, 15) is 0 Å². The lowest BCUT2D eigenvalue weighted by Gasteiger charge is -2.08. The van der Waals surface area contributed by atoms with E-state index in [0.29, 0.717) is 0 Å². The van der Waals surface area contributed by atoms with E-state index in [1.165, 1.54) is 18.4 Å². The Morgan fingerprint density at radius 1 is 1.50 bits per heavy atom. The van der Waals surface area contributed by atoms with Crippen molar-refractivity contribution in [1.82, 2.24) is 4.98 Å². The normalized spacial score (nSPS) is 16.2. The highest BCUT2D eigenvalue weighted by Gasteiger charge is 2.27. The minimum Gasteiger partial charge on any atom is -0.495 e. The Bertz CT molecular complexity index is 292. The maximum Gasteiger partial charge on any atom is 0.143 e. The molecule has 0 bridgehead atoms. The number of ether oxygens (including phenoxy) is 1. The topological polar surface area (TPSA) is 22.1 Å². The summed E-state index contributed by atoms with van der Waals surface area (Å²) in [5.41, 5.74) is 2.34. The van der Waals surface area contributed by atoms with Crippen LogP contribution in [0.4, 0.5) is 0 Å². The molecule has 1 aromatic heterocycles. The molecule has 0 aliphatic heterocycles. The minimum absolute atomic E-state index is 0.738. The molecule has 1 heterocycles. The summed E-state index contributed by atoms with van der Waals surface area (Å²) in [6.07, 6.45) is 4.48. The summed E-state index contributed by atoms with van der Waals surface area (Å²) in [5, 5.41) is 0. The number of hydrogen-bond acceptors (Lipinski definition) is 2. The van der Waals surface area contributed by atoms with Crippen LogP contribution < -0.4 is 4.74 Å². The number of aromatic nitrogens is 1. The first kappa shape index (κ1) is 7.59. The van der Waals surface area contributed by atoms with Gasteiger partial charge in [-0.2, -0.15) is 0 Å². The predicted octanol–water partition coefficient (Wildman–Crippen LogP) is 2.28. The summed E-state index contributed by atoms with van der Waals surface area (Å²) in [7, 11) is 1.72. The smallest absolute Gasteiger partial charge is 0.143 e. The third-order valence-electron chi connectivity index (χ3n) is 2.33. The summed E-state index contributed by atoms with van der Waals surface area (Å²) in [6, 6.07) is 2.07. The maximum atomic E-state index is 5.31. The molecule has 0 radical (unpaired) electrons. The molecule has 0 atom stereocenters. The van der Waals surface area contributed by atoms with E-state index in [1.807, 2.05) is 13.1 Å². The van der Waals surface area contributed by atoms with Gasteiger partial charge in [0.15, 0.2) is 0 Å². The summed E-state index contributed by atoms with van der Waals surface area (Å²) < 4.78 is 5.31. The van der Waals surface area contributed by atoms with Crippen molar-refractivity contribution in [2.75, 3.05) is 7.11 Å². The summed E-state index contributed by atoms with van der Waals surface area (Å²) in [4.78, 5) is 4.20. The summed E-state index contributed by atoms with van der Waals surface area (Å²) >= 11 is 0. The number of hydrogen-bond donors (Lipinski definition) is 0. The molecule has 1 fully saturated rings. The van der Waals surface area contributed by atoms with Gasteiger partial charge in [0.05, 0.1) is 12.8 Å². The average Bonchev–Trinajstić information content (AvgIpc) is 2.86. The van der Waals surface area contributed by atoms with Gasteiger partial charge in [-0.3, -0.25) is 4.98 Å². The number of aryl methyl sites for hydroxylation is 1. The summed E-state index contributed by atoms with van der Waals surface area (Å²) in [5.74, 6) is 1.72. The van der Waals surface area contributed by atoms with Gasteiger partial charge in [0.2, 0.25) is 0 Å². The summed E-state index contributed by atoms with van der Waals surface area (Å²) in [6.45, 7) is 1.99. The molecule has 0 spiro atoms. The van der Waals surface area contributed by atoms with Crippen molar-refractivity contribution in [1.29, 1.82) is 0 Å². The monoisotopic (exact) mass is 163 g/mol. The molecule has 0 aromatic carbocycles. The molecular formula is C10H13NO. The molecule has 0 unspecified atom stereocenters. The molecule has 0 amide bonds. The second-order valence-electron chi connectivity index (χ2n) is 3.29. The molecule has 64 valence electrons. The van der Waals surface area contributed by atoms with Crippen LogP contribution in [0, 0.1) is 6.92 Å². The Morgan fingerprint density at radius 3 is 2.83 bits per heavy atom. The Balaban J connectivity index is 2.43. The Kier molecular flexibility index (Phi) is 1.75. The molecule has 1 saturated carbocycles. The fraction of sp³-hybridized carbons (Fsp3) is 0.500. The predicted molar refractivity (Wildman–Crippen MR) is 47.5 cm³/mol. The van der Waals surface area contributed by atoms with Gasteiger partial charge in [-0.1, -0.05) is 0 Å². The van der Waals surface area contributed by atoms with Crippen molar-refractivity contribution in [3.8, 4) is 5.75 Å². The molecule has 2 nitrogen and oxygen atoms in total. The largest absolute Gasteiger partial charge is 0.495 e. The lowest BCUT2D eigenvalue weighted by atomic mass is 10.1. The van der Waals surface area contributed by atoms with Crippen LogP contribution in [0.1, 0.15) is 30.0 Å². The lowest BCUT2D eigenvalue weighted by Crippen LogP contribution is -1.94. The Labute approximate surface area is 72.6 Å². The zero-order chi connectivity index (χ0) is 8.55. The fourth-order valence-electron chi connectivity index (χ4n) is 1.55. The first-order valence-corrected chi connectivity index (χ1v) is 4.32. The van der Waals surface area contributed by atoms with Crippen LogP contribution in [0.5, 0.6) is 5.75 Å². The van der Waals surface area contributed by atoms with Crippen molar-refractivity contribution in [3.05, 3.63) is 23.5 Å². The molecule has 2 heteroatoms. The van der Waals surface area contributed by atoms with Gasteiger partial charge < -0.3 is 4.74 Å². The number of nitrogens with zero attached hydrogens (tertiary/aromatic N) is 1. The second kappa shape index (κ2) is 2.77. The van der Waals surface area contributed by atoms with Gasteiger partial charge in [0.25, 0.3) is 0 Å². The van der Waals surface area contributed by atoms with E-state index >= 15 is 0 Å². The highest BCUT2D eigenvalue weighted by molar-refractivity contribution is 5.40. The number of pyridine rings is 1. The Morgan fingerprint density at radius 2 is 2.25 bits per heavy atom. The van der Waals surface area contributed by atoms with Gasteiger partial charge in [-0.15, -0.1) is 0 Å². The van der Waals surface area contributed by atoms with Crippen LogP contribution in [-0.2, 0) is 0 Å². The maximum absolute atomic E-state index is 5.31. The minimum atomic E-state index is 0.738. The molecule has 1 aromatic rings. The van der Waals surface area contributed by atoms with E-state index in [2.05, 4.69) is 11.1 Å². The third kappa shape index (κ3) is 1.17. The molecule has 0 saturated heterocycles. The SMILES string of the molecule is COc1c(C2CC2)ccnc1C. The van der Waals surface area contributed by atoms with Crippen LogP contribution in [-0.4, -0.2) is 12.1 Å². The van der Waals surface area contributed by atoms with Gasteiger partial charge in [0, 0.05) is 11.8 Å². The number of methoxy groups -OCH3 is 1. The highest BCUT2D eigenvalue weighted by Crippen LogP contribution is 2.44. The zero-order valence-electron chi connectivity index (χ0n) is 7.50. The molecule has 1 aliphatic rings. The van der Waals surface area contributed by atoms with Gasteiger partial charge in [-0.05, 0) is 31.7 Å². The Hall–Kier alpha value is -1.05. The third-order valence-corrected chi connectivity index (χ3v) is 2.33. The van der Waals surface area contributed by atoms with E-state index in [1.54, 1.807) is 7.11 Å². The first-order chi connectivity index (χ1) is 5.83. The van der Waals surface area contributed by atoms with Gasteiger partial charge in [0.1, 0.15) is 5.75 Å². The van der Waals surface area contributed by atoms with Crippen LogP contribution in [0.3, 0.4) is 0 Å². The molecule has 2 rings (SSSR count). The zero-order valence-corrected chi connectivity index (χ0v) is 7.50.